The fourth-order valence-electron chi connectivity index (χ4n) is 3.82. The van der Waals surface area contributed by atoms with Crippen molar-refractivity contribution in [2.75, 3.05) is 26.2 Å². The highest BCUT2D eigenvalue weighted by molar-refractivity contribution is 5.92. The molecular formula is C17H26N4O4. The fourth-order valence-corrected chi connectivity index (χ4v) is 3.82. The third-order valence-corrected chi connectivity index (χ3v) is 5.29. The Hall–Kier alpha value is -1.93. The number of carbonyl (C=O) groups excluding carboxylic acids is 2. The van der Waals surface area contributed by atoms with Crippen LogP contribution in [0.3, 0.4) is 0 Å². The van der Waals surface area contributed by atoms with E-state index in [1.54, 1.807) is 6.92 Å². The number of piperazine rings is 1. The summed E-state index contributed by atoms with van der Waals surface area (Å²) in [6.07, 6.45) is 4.35. The van der Waals surface area contributed by atoms with Crippen LogP contribution in [0.25, 0.3) is 0 Å². The molecule has 0 radical (unpaired) electrons. The summed E-state index contributed by atoms with van der Waals surface area (Å²) in [6.45, 7) is 4.48. The number of nitrogens with zero attached hydrogens (tertiary/aromatic N) is 3. The van der Waals surface area contributed by atoms with Crippen molar-refractivity contribution in [1.29, 1.82) is 0 Å². The molecule has 25 heavy (non-hydrogen) atoms. The Morgan fingerprint density at radius 2 is 1.96 bits per heavy atom. The summed E-state index contributed by atoms with van der Waals surface area (Å²) in [4.78, 5) is 27.8. The maximum Gasteiger partial charge on any atom is 0.273 e. The minimum atomic E-state index is -0.637. The van der Waals surface area contributed by atoms with E-state index in [1.165, 1.54) is 12.3 Å². The lowest BCUT2D eigenvalue weighted by atomic mass is 9.99. The van der Waals surface area contributed by atoms with Gasteiger partial charge in [0.1, 0.15) is 6.26 Å². The molecule has 2 N–H and O–H groups in total. The SMILES string of the molecule is CC(=O)N1CCN([C@@H]2CCCC[C@@H](NC(=O)c3ccon3)[C@H]2O)CC1. The van der Waals surface area contributed by atoms with Crippen LogP contribution >= 0.6 is 0 Å². The molecule has 3 atom stereocenters. The zero-order valence-electron chi connectivity index (χ0n) is 14.6. The number of nitrogens with one attached hydrogen (secondary N) is 1. The summed E-state index contributed by atoms with van der Waals surface area (Å²) in [5.74, 6) is -0.223. The summed E-state index contributed by atoms with van der Waals surface area (Å²) in [7, 11) is 0. The van der Waals surface area contributed by atoms with Crippen molar-refractivity contribution in [3.63, 3.8) is 0 Å². The Bertz CT molecular complexity index is 583. The number of rotatable bonds is 3. The molecule has 2 aliphatic rings. The Balaban J connectivity index is 1.62. The van der Waals surface area contributed by atoms with Gasteiger partial charge in [0.2, 0.25) is 5.91 Å². The molecule has 1 aliphatic heterocycles. The lowest BCUT2D eigenvalue weighted by molar-refractivity contribution is -0.131. The fraction of sp³-hybridized carbons (Fsp3) is 0.706. The first kappa shape index (κ1) is 17.9. The van der Waals surface area contributed by atoms with Gasteiger partial charge in [-0.05, 0) is 12.8 Å². The van der Waals surface area contributed by atoms with E-state index < -0.39 is 6.10 Å². The van der Waals surface area contributed by atoms with Crippen LogP contribution < -0.4 is 5.32 Å². The van der Waals surface area contributed by atoms with Crippen LogP contribution in [0.15, 0.2) is 16.9 Å². The monoisotopic (exact) mass is 350 g/mol. The van der Waals surface area contributed by atoms with Crippen LogP contribution in [0.2, 0.25) is 0 Å². The molecule has 2 fully saturated rings. The third kappa shape index (κ3) is 4.19. The second kappa shape index (κ2) is 7.97. The van der Waals surface area contributed by atoms with Gasteiger partial charge >= 0.3 is 0 Å². The van der Waals surface area contributed by atoms with Crippen LogP contribution in [-0.2, 0) is 4.79 Å². The van der Waals surface area contributed by atoms with Gasteiger partial charge in [-0.3, -0.25) is 14.5 Å². The largest absolute Gasteiger partial charge is 0.389 e. The van der Waals surface area contributed by atoms with Crippen molar-refractivity contribution in [2.24, 2.45) is 0 Å². The normalized spacial score (nSPS) is 28.4. The lowest BCUT2D eigenvalue weighted by Gasteiger charge is -2.41. The zero-order chi connectivity index (χ0) is 17.8. The van der Waals surface area contributed by atoms with Gasteiger partial charge in [-0.1, -0.05) is 18.0 Å². The summed E-state index contributed by atoms with van der Waals surface area (Å²) >= 11 is 0. The van der Waals surface area contributed by atoms with Gasteiger partial charge in [0.25, 0.3) is 5.91 Å². The number of aliphatic hydroxyl groups excluding tert-OH is 1. The second-order valence-electron chi connectivity index (χ2n) is 6.85. The molecule has 1 aromatic heterocycles. The molecule has 138 valence electrons. The molecule has 0 spiro atoms. The average molecular weight is 350 g/mol. The molecule has 1 saturated carbocycles. The standard InChI is InChI=1S/C17H26N4O4/c1-12(22)20-7-9-21(10-8-20)15-5-3-2-4-13(16(15)23)18-17(24)14-6-11-25-19-14/h6,11,13,15-16,23H,2-5,7-10H2,1H3,(H,18,24)/t13-,15-,16-/m1/s1. The van der Waals surface area contributed by atoms with E-state index in [2.05, 4.69) is 15.4 Å². The van der Waals surface area contributed by atoms with Crippen molar-refractivity contribution in [3.05, 3.63) is 18.0 Å². The van der Waals surface area contributed by atoms with Gasteiger partial charge in [0.15, 0.2) is 5.69 Å². The molecule has 0 bridgehead atoms. The summed E-state index contributed by atoms with van der Waals surface area (Å²) < 4.78 is 4.71. The van der Waals surface area contributed by atoms with Crippen LogP contribution in [0.4, 0.5) is 0 Å². The molecule has 8 nitrogen and oxygen atoms in total. The van der Waals surface area contributed by atoms with E-state index in [9.17, 15) is 14.7 Å². The maximum atomic E-state index is 12.2. The first-order valence-electron chi connectivity index (χ1n) is 8.95. The molecular weight excluding hydrogens is 324 g/mol. The summed E-state index contributed by atoms with van der Waals surface area (Å²) in [5, 5.41) is 17.5. The highest BCUT2D eigenvalue weighted by Crippen LogP contribution is 2.24. The van der Waals surface area contributed by atoms with Gasteiger partial charge in [0, 0.05) is 45.2 Å². The van der Waals surface area contributed by atoms with Crippen molar-refractivity contribution < 1.29 is 19.2 Å². The zero-order valence-corrected chi connectivity index (χ0v) is 14.6. The number of carbonyl (C=O) groups is 2. The van der Waals surface area contributed by atoms with Gasteiger partial charge in [-0.25, -0.2) is 0 Å². The van der Waals surface area contributed by atoms with E-state index in [4.69, 9.17) is 4.52 Å². The van der Waals surface area contributed by atoms with E-state index in [0.717, 1.165) is 38.8 Å². The number of hydrogen-bond donors (Lipinski definition) is 2. The van der Waals surface area contributed by atoms with Crippen LogP contribution in [0.1, 0.15) is 43.1 Å². The van der Waals surface area contributed by atoms with Crippen molar-refractivity contribution in [3.8, 4) is 0 Å². The minimum absolute atomic E-state index is 0.000725. The highest BCUT2D eigenvalue weighted by Gasteiger charge is 2.36. The van der Waals surface area contributed by atoms with Crippen LogP contribution in [-0.4, -0.2) is 76.2 Å². The van der Waals surface area contributed by atoms with Gasteiger partial charge in [-0.15, -0.1) is 0 Å². The molecule has 1 aliphatic carbocycles. The third-order valence-electron chi connectivity index (χ3n) is 5.29. The molecule has 1 saturated heterocycles. The summed E-state index contributed by atoms with van der Waals surface area (Å²) in [5.41, 5.74) is 0.225. The first-order chi connectivity index (χ1) is 12.1. The molecule has 0 unspecified atom stereocenters. The van der Waals surface area contributed by atoms with Crippen LogP contribution in [0, 0.1) is 0 Å². The Morgan fingerprint density at radius 3 is 2.60 bits per heavy atom. The van der Waals surface area contributed by atoms with Crippen molar-refractivity contribution in [2.45, 2.75) is 50.8 Å². The number of aromatic nitrogens is 1. The first-order valence-corrected chi connectivity index (χ1v) is 8.95. The molecule has 2 amide bonds. The topological polar surface area (TPSA) is 98.9 Å². The van der Waals surface area contributed by atoms with E-state index in [1.807, 2.05) is 4.90 Å². The van der Waals surface area contributed by atoms with Crippen molar-refractivity contribution >= 4 is 11.8 Å². The number of amides is 2. The maximum absolute atomic E-state index is 12.2. The van der Waals surface area contributed by atoms with Crippen molar-refractivity contribution in [1.82, 2.24) is 20.3 Å². The summed E-state index contributed by atoms with van der Waals surface area (Å²) in [6, 6.07) is 1.21. The Morgan fingerprint density at radius 1 is 1.24 bits per heavy atom. The molecule has 3 rings (SSSR count). The molecule has 2 heterocycles. The predicted octanol–water partition coefficient (Wildman–Crippen LogP) is 0.241. The number of hydrogen-bond acceptors (Lipinski definition) is 6. The molecule has 8 heteroatoms. The van der Waals surface area contributed by atoms with Crippen LogP contribution in [0.5, 0.6) is 0 Å². The minimum Gasteiger partial charge on any atom is -0.389 e. The lowest BCUT2D eigenvalue weighted by Crippen LogP contribution is -2.58. The molecule has 0 aromatic carbocycles. The quantitative estimate of drug-likeness (QED) is 0.758. The Labute approximate surface area is 147 Å². The van der Waals surface area contributed by atoms with E-state index >= 15 is 0 Å². The Kier molecular flexibility index (Phi) is 5.70. The van der Waals surface area contributed by atoms with E-state index in [-0.39, 0.29) is 29.6 Å². The smallest absolute Gasteiger partial charge is 0.273 e. The molecule has 1 aromatic rings. The number of aliphatic hydroxyl groups is 1. The highest BCUT2D eigenvalue weighted by atomic mass is 16.5. The van der Waals surface area contributed by atoms with Gasteiger partial charge < -0.3 is 19.8 Å². The van der Waals surface area contributed by atoms with Gasteiger partial charge in [-0.2, -0.15) is 0 Å². The van der Waals surface area contributed by atoms with E-state index in [0.29, 0.717) is 13.1 Å². The predicted molar refractivity (Wildman–Crippen MR) is 89.8 cm³/mol. The second-order valence-corrected chi connectivity index (χ2v) is 6.85. The average Bonchev–Trinajstić information content (AvgIpc) is 3.09. The van der Waals surface area contributed by atoms with Gasteiger partial charge in [0.05, 0.1) is 12.1 Å².